The molecule has 0 spiro atoms. The quantitative estimate of drug-likeness (QED) is 0.641. The molecule has 4 saturated heterocycles. The van der Waals surface area contributed by atoms with Gasteiger partial charge in [-0.25, -0.2) is 5.43 Å². The Morgan fingerprint density at radius 3 is 2.60 bits per heavy atom. The average Bonchev–Trinajstić information content (AvgIpc) is 2.82. The molecule has 4 heterocycles. The van der Waals surface area contributed by atoms with Crippen LogP contribution in [0.1, 0.15) is 30.1 Å². The molecule has 2 unspecified atom stereocenters. The van der Waals surface area contributed by atoms with Crippen molar-refractivity contribution in [2.24, 2.45) is 16.4 Å². The van der Waals surface area contributed by atoms with Crippen LogP contribution >= 0.6 is 0 Å². The topological polar surface area (TPSA) is 74.0 Å². The SMILES string of the molecule is CCCC12CN3CCN(CC(C3)C1=NNC(=O)c1ccccc1N)C2. The van der Waals surface area contributed by atoms with Crippen molar-refractivity contribution in [3.63, 3.8) is 0 Å². The van der Waals surface area contributed by atoms with E-state index in [-0.39, 0.29) is 11.3 Å². The fraction of sp³-hybridized carbons (Fsp3) is 0.579. The normalized spacial score (nSPS) is 34.9. The first-order valence-electron chi connectivity index (χ1n) is 9.29. The summed E-state index contributed by atoms with van der Waals surface area (Å²) in [5.41, 5.74) is 11.0. The Morgan fingerprint density at radius 1 is 1.28 bits per heavy atom. The van der Waals surface area contributed by atoms with Crippen LogP contribution in [0.15, 0.2) is 29.4 Å². The van der Waals surface area contributed by atoms with Gasteiger partial charge in [0.15, 0.2) is 0 Å². The third kappa shape index (κ3) is 2.93. The van der Waals surface area contributed by atoms with Crippen LogP contribution in [0.25, 0.3) is 0 Å². The van der Waals surface area contributed by atoms with Crippen molar-refractivity contribution in [3.8, 4) is 0 Å². The monoisotopic (exact) mass is 341 g/mol. The second kappa shape index (κ2) is 6.42. The second-order valence-electron chi connectivity index (χ2n) is 7.72. The van der Waals surface area contributed by atoms with Crippen LogP contribution in [0.2, 0.25) is 0 Å². The number of carbonyl (C=O) groups is 1. The molecule has 0 saturated carbocycles. The summed E-state index contributed by atoms with van der Waals surface area (Å²) in [6.45, 7) is 8.80. The van der Waals surface area contributed by atoms with Crippen LogP contribution in [-0.2, 0) is 0 Å². The predicted octanol–water partition coefficient (Wildman–Crippen LogP) is 1.40. The molecule has 3 N–H and O–H groups in total. The van der Waals surface area contributed by atoms with Crippen molar-refractivity contribution in [1.29, 1.82) is 0 Å². The van der Waals surface area contributed by atoms with Gasteiger partial charge in [0.05, 0.1) is 11.3 Å². The Morgan fingerprint density at radius 2 is 1.96 bits per heavy atom. The molecule has 4 bridgehead atoms. The zero-order valence-electron chi connectivity index (χ0n) is 14.9. The van der Waals surface area contributed by atoms with Gasteiger partial charge in [-0.15, -0.1) is 0 Å². The predicted molar refractivity (Wildman–Crippen MR) is 99.5 cm³/mol. The number of rotatable bonds is 4. The lowest BCUT2D eigenvalue weighted by Crippen LogP contribution is -2.61. The van der Waals surface area contributed by atoms with Gasteiger partial charge in [0, 0.05) is 56.3 Å². The number of carbonyl (C=O) groups excluding carboxylic acids is 1. The van der Waals surface area contributed by atoms with Crippen LogP contribution in [-0.4, -0.2) is 60.7 Å². The van der Waals surface area contributed by atoms with E-state index in [2.05, 4.69) is 27.3 Å². The van der Waals surface area contributed by atoms with Gasteiger partial charge < -0.3 is 15.5 Å². The second-order valence-corrected chi connectivity index (χ2v) is 7.72. The van der Waals surface area contributed by atoms with Gasteiger partial charge in [0.1, 0.15) is 0 Å². The van der Waals surface area contributed by atoms with E-state index in [1.165, 1.54) is 5.71 Å². The van der Waals surface area contributed by atoms with E-state index in [9.17, 15) is 4.79 Å². The molecule has 0 aliphatic carbocycles. The van der Waals surface area contributed by atoms with E-state index in [0.29, 0.717) is 17.2 Å². The van der Waals surface area contributed by atoms with E-state index >= 15 is 0 Å². The van der Waals surface area contributed by atoms with Gasteiger partial charge in [-0.1, -0.05) is 25.5 Å². The van der Waals surface area contributed by atoms with E-state index in [1.807, 2.05) is 12.1 Å². The molecule has 4 aliphatic heterocycles. The third-order valence-electron chi connectivity index (χ3n) is 5.88. The molecule has 5 rings (SSSR count). The van der Waals surface area contributed by atoms with Gasteiger partial charge in [0.2, 0.25) is 0 Å². The van der Waals surface area contributed by atoms with Crippen molar-refractivity contribution >= 4 is 17.3 Å². The molecule has 134 valence electrons. The summed E-state index contributed by atoms with van der Waals surface area (Å²) >= 11 is 0. The maximum atomic E-state index is 12.5. The van der Waals surface area contributed by atoms with Gasteiger partial charge in [-0.05, 0) is 18.6 Å². The minimum atomic E-state index is -0.218. The number of benzene rings is 1. The highest BCUT2D eigenvalue weighted by molar-refractivity contribution is 6.01. The Balaban J connectivity index is 1.61. The standard InChI is InChI=1S/C19H27N5O/c1-2-7-19-12-23-8-9-24(13-19)11-14(10-23)17(19)21-22-18(25)15-5-3-4-6-16(15)20/h3-6,14H,2,7-13,20H2,1H3,(H,22,25). The average molecular weight is 341 g/mol. The molecule has 4 fully saturated rings. The molecule has 25 heavy (non-hydrogen) atoms. The first-order valence-corrected chi connectivity index (χ1v) is 9.29. The molecule has 1 aromatic rings. The number of fused-ring (bicyclic) bond motifs is 1. The molecule has 1 amide bonds. The summed E-state index contributed by atoms with van der Waals surface area (Å²) in [5.74, 6) is 0.203. The zero-order valence-corrected chi connectivity index (χ0v) is 14.9. The first kappa shape index (κ1) is 16.5. The highest BCUT2D eigenvalue weighted by Crippen LogP contribution is 2.41. The summed E-state index contributed by atoms with van der Waals surface area (Å²) in [7, 11) is 0. The minimum absolute atomic E-state index is 0.0852. The van der Waals surface area contributed by atoms with Crippen molar-refractivity contribution in [2.75, 3.05) is 45.0 Å². The summed E-state index contributed by atoms with van der Waals surface area (Å²) in [6, 6.07) is 7.14. The highest BCUT2D eigenvalue weighted by Gasteiger charge is 2.51. The number of nitrogen functional groups attached to an aromatic ring is 1. The zero-order chi connectivity index (χ0) is 17.4. The number of hydrazone groups is 1. The highest BCUT2D eigenvalue weighted by atomic mass is 16.2. The molecule has 1 aromatic carbocycles. The lowest BCUT2D eigenvalue weighted by atomic mass is 9.68. The van der Waals surface area contributed by atoms with Crippen molar-refractivity contribution in [3.05, 3.63) is 29.8 Å². The minimum Gasteiger partial charge on any atom is -0.398 e. The van der Waals surface area contributed by atoms with Crippen molar-refractivity contribution in [1.82, 2.24) is 15.2 Å². The number of piperidine rings is 2. The number of amides is 1. The first-order chi connectivity index (χ1) is 12.1. The Kier molecular flexibility index (Phi) is 4.25. The lowest BCUT2D eigenvalue weighted by Gasteiger charge is -2.50. The van der Waals surface area contributed by atoms with Crippen LogP contribution in [0, 0.1) is 11.3 Å². The molecule has 6 nitrogen and oxygen atoms in total. The van der Waals surface area contributed by atoms with Crippen LogP contribution < -0.4 is 11.2 Å². The maximum absolute atomic E-state index is 12.5. The molecular weight excluding hydrogens is 314 g/mol. The number of hydrogen-bond donors (Lipinski definition) is 2. The number of nitrogens with one attached hydrogen (secondary N) is 1. The Labute approximate surface area is 149 Å². The fourth-order valence-corrected chi connectivity index (χ4v) is 4.96. The number of hydrogen-bond acceptors (Lipinski definition) is 5. The fourth-order valence-electron chi connectivity index (χ4n) is 4.96. The van der Waals surface area contributed by atoms with Gasteiger partial charge in [-0.3, -0.25) is 4.79 Å². The summed E-state index contributed by atoms with van der Waals surface area (Å²) in [5, 5.41) is 4.68. The molecule has 0 radical (unpaired) electrons. The molecule has 6 heteroatoms. The van der Waals surface area contributed by atoms with Gasteiger partial charge in [0.25, 0.3) is 5.91 Å². The van der Waals surface area contributed by atoms with Gasteiger partial charge >= 0.3 is 0 Å². The maximum Gasteiger partial charge on any atom is 0.273 e. The van der Waals surface area contributed by atoms with Crippen molar-refractivity contribution in [2.45, 2.75) is 19.8 Å². The molecule has 4 aliphatic rings. The van der Waals surface area contributed by atoms with Crippen LogP contribution in [0.3, 0.4) is 0 Å². The van der Waals surface area contributed by atoms with E-state index in [4.69, 9.17) is 5.73 Å². The number of anilines is 1. The Bertz CT molecular complexity index is 685. The molecule has 2 atom stereocenters. The largest absolute Gasteiger partial charge is 0.398 e. The van der Waals surface area contributed by atoms with E-state index < -0.39 is 0 Å². The third-order valence-corrected chi connectivity index (χ3v) is 5.88. The number of nitrogens with two attached hydrogens (primary N) is 1. The summed E-state index contributed by atoms with van der Waals surface area (Å²) < 4.78 is 0. The smallest absolute Gasteiger partial charge is 0.273 e. The van der Waals surface area contributed by atoms with Gasteiger partial charge in [-0.2, -0.15) is 5.10 Å². The van der Waals surface area contributed by atoms with Crippen molar-refractivity contribution < 1.29 is 4.79 Å². The lowest BCUT2D eigenvalue weighted by molar-refractivity contribution is 0.0941. The summed E-state index contributed by atoms with van der Waals surface area (Å²) in [6.07, 6.45) is 2.26. The Hall–Kier alpha value is -1.92. The molecular formula is C19H27N5O. The van der Waals surface area contributed by atoms with Crippen LogP contribution in [0.5, 0.6) is 0 Å². The molecule has 0 aromatic heterocycles. The van der Waals surface area contributed by atoms with Crippen LogP contribution in [0.4, 0.5) is 5.69 Å². The van der Waals surface area contributed by atoms with E-state index in [1.54, 1.807) is 12.1 Å². The summed E-state index contributed by atoms with van der Waals surface area (Å²) in [4.78, 5) is 17.7. The number of para-hydroxylation sites is 1. The number of nitrogens with zero attached hydrogens (tertiary/aromatic N) is 3. The van der Waals surface area contributed by atoms with E-state index in [0.717, 1.165) is 52.1 Å².